The minimum Gasteiger partial charge on any atom is -0.325 e. The highest BCUT2D eigenvalue weighted by atomic mass is 35.5. The Morgan fingerprint density at radius 3 is 2.60 bits per heavy atom. The van der Waals surface area contributed by atoms with Crippen LogP contribution in [0.15, 0.2) is 47.5 Å². The maximum Gasteiger partial charge on any atom is 0.416 e. The first kappa shape index (κ1) is 17.8. The molecule has 1 aliphatic rings. The van der Waals surface area contributed by atoms with Crippen LogP contribution in [0, 0.1) is 0 Å². The van der Waals surface area contributed by atoms with Crippen LogP contribution in [-0.4, -0.2) is 16.7 Å². The molecule has 1 heterocycles. The van der Waals surface area contributed by atoms with Crippen LogP contribution in [0.5, 0.6) is 0 Å². The number of fused-ring (bicyclic) bond motifs is 1. The third-order valence-electron chi connectivity index (χ3n) is 3.50. The number of aliphatic imine (C=N–C) groups is 1. The number of anilines is 1. The summed E-state index contributed by atoms with van der Waals surface area (Å²) < 4.78 is 38.2. The van der Waals surface area contributed by atoms with E-state index in [1.807, 2.05) is 0 Å². The summed E-state index contributed by atoms with van der Waals surface area (Å²) in [5, 5.41) is 3.92. The predicted octanol–water partition coefficient (Wildman–Crippen LogP) is 5.32. The van der Waals surface area contributed by atoms with Gasteiger partial charge in [0, 0.05) is 17.1 Å². The largest absolute Gasteiger partial charge is 0.416 e. The summed E-state index contributed by atoms with van der Waals surface area (Å²) in [4.78, 5) is 16.1. The molecule has 3 rings (SSSR count). The van der Waals surface area contributed by atoms with E-state index in [9.17, 15) is 18.0 Å². The fourth-order valence-electron chi connectivity index (χ4n) is 2.29. The number of rotatable bonds is 3. The first-order chi connectivity index (χ1) is 11.8. The van der Waals surface area contributed by atoms with E-state index in [0.717, 1.165) is 17.7 Å². The molecule has 2 aromatic carbocycles. The van der Waals surface area contributed by atoms with Crippen molar-refractivity contribution in [3.63, 3.8) is 0 Å². The summed E-state index contributed by atoms with van der Waals surface area (Å²) in [6.45, 7) is 0. The van der Waals surface area contributed by atoms with Gasteiger partial charge in [-0.15, -0.1) is 11.8 Å². The normalized spacial score (nSPS) is 13.4. The summed E-state index contributed by atoms with van der Waals surface area (Å²) in [5.74, 6) is -0.0938. The Morgan fingerprint density at radius 1 is 1.20 bits per heavy atom. The number of hydrogen-bond donors (Lipinski definition) is 1. The van der Waals surface area contributed by atoms with E-state index in [0.29, 0.717) is 27.9 Å². The van der Waals surface area contributed by atoms with Gasteiger partial charge < -0.3 is 5.32 Å². The SMILES string of the molecule is O=C(CSC1=Nc2cc(C(F)(F)F)ccc2C1)Nc1ccc(Cl)cc1. The lowest BCUT2D eigenvalue weighted by atomic mass is 10.1. The monoisotopic (exact) mass is 384 g/mol. The zero-order chi connectivity index (χ0) is 18.0. The van der Waals surface area contributed by atoms with Crippen molar-refractivity contribution < 1.29 is 18.0 Å². The fraction of sp³-hybridized carbons (Fsp3) is 0.176. The van der Waals surface area contributed by atoms with Crippen LogP contribution >= 0.6 is 23.4 Å². The number of carbonyl (C=O) groups is 1. The standard InChI is InChI=1S/C17H12ClF3N2OS/c18-12-3-5-13(6-4-12)22-15(24)9-25-16-7-10-1-2-11(17(19,20)21)8-14(10)23-16/h1-6,8H,7,9H2,(H,22,24). The molecule has 0 saturated heterocycles. The highest BCUT2D eigenvalue weighted by Crippen LogP contribution is 2.36. The minimum atomic E-state index is -4.39. The number of amides is 1. The molecule has 0 aliphatic carbocycles. The first-order valence-corrected chi connectivity index (χ1v) is 8.63. The van der Waals surface area contributed by atoms with Gasteiger partial charge in [0.1, 0.15) is 0 Å². The number of alkyl halides is 3. The molecule has 0 unspecified atom stereocenters. The van der Waals surface area contributed by atoms with Crippen molar-refractivity contribution in [2.45, 2.75) is 12.6 Å². The van der Waals surface area contributed by atoms with Crippen molar-refractivity contribution in [3.05, 3.63) is 58.6 Å². The van der Waals surface area contributed by atoms with Crippen molar-refractivity contribution in [2.75, 3.05) is 11.1 Å². The number of carbonyl (C=O) groups excluding carboxylic acids is 1. The van der Waals surface area contributed by atoms with Crippen LogP contribution in [0.2, 0.25) is 5.02 Å². The molecule has 0 bridgehead atoms. The first-order valence-electron chi connectivity index (χ1n) is 7.27. The molecule has 0 spiro atoms. The summed E-state index contributed by atoms with van der Waals surface area (Å²) >= 11 is 6.99. The van der Waals surface area contributed by atoms with Gasteiger partial charge in [0.05, 0.1) is 22.0 Å². The molecule has 1 amide bonds. The Labute approximate surface area is 151 Å². The van der Waals surface area contributed by atoms with Gasteiger partial charge in [-0.05, 0) is 42.0 Å². The number of halogens is 4. The second-order valence-electron chi connectivity index (χ2n) is 5.37. The summed E-state index contributed by atoms with van der Waals surface area (Å²) in [6.07, 6.45) is -3.95. The molecule has 0 saturated carbocycles. The van der Waals surface area contributed by atoms with Gasteiger partial charge in [-0.3, -0.25) is 4.79 Å². The van der Waals surface area contributed by atoms with Crippen molar-refractivity contribution in [1.82, 2.24) is 0 Å². The van der Waals surface area contributed by atoms with Gasteiger partial charge in [0.15, 0.2) is 0 Å². The number of benzene rings is 2. The average molecular weight is 385 g/mol. The summed E-state index contributed by atoms with van der Waals surface area (Å²) in [7, 11) is 0. The predicted molar refractivity (Wildman–Crippen MR) is 94.8 cm³/mol. The smallest absolute Gasteiger partial charge is 0.325 e. The molecule has 3 nitrogen and oxygen atoms in total. The molecule has 130 valence electrons. The molecule has 0 fully saturated rings. The van der Waals surface area contributed by atoms with E-state index in [1.54, 1.807) is 24.3 Å². The number of nitrogens with zero attached hydrogens (tertiary/aromatic N) is 1. The quantitative estimate of drug-likeness (QED) is 0.778. The zero-order valence-electron chi connectivity index (χ0n) is 12.7. The highest BCUT2D eigenvalue weighted by molar-refractivity contribution is 8.14. The van der Waals surface area contributed by atoms with E-state index >= 15 is 0 Å². The molecule has 2 aromatic rings. The molecule has 1 N–H and O–H groups in total. The van der Waals surface area contributed by atoms with Crippen LogP contribution in [0.1, 0.15) is 11.1 Å². The second-order valence-corrected chi connectivity index (χ2v) is 6.85. The van der Waals surface area contributed by atoms with Gasteiger partial charge in [0.2, 0.25) is 5.91 Å². The third kappa shape index (κ3) is 4.55. The van der Waals surface area contributed by atoms with Crippen LogP contribution < -0.4 is 5.32 Å². The highest BCUT2D eigenvalue weighted by Gasteiger charge is 2.31. The molecule has 25 heavy (non-hydrogen) atoms. The van der Waals surface area contributed by atoms with Crippen molar-refractivity contribution in [2.24, 2.45) is 4.99 Å². The summed E-state index contributed by atoms with van der Waals surface area (Å²) in [5.41, 5.74) is 0.951. The molecule has 0 aromatic heterocycles. The Balaban J connectivity index is 1.58. The Bertz CT molecular complexity index is 835. The minimum absolute atomic E-state index is 0.127. The lowest BCUT2D eigenvalue weighted by molar-refractivity contribution is -0.137. The van der Waals surface area contributed by atoms with Gasteiger partial charge in [-0.1, -0.05) is 17.7 Å². The van der Waals surface area contributed by atoms with E-state index in [1.165, 1.54) is 17.8 Å². The molecule has 1 aliphatic heterocycles. The summed E-state index contributed by atoms with van der Waals surface area (Å²) in [6, 6.07) is 10.2. The van der Waals surface area contributed by atoms with Gasteiger partial charge in [-0.2, -0.15) is 13.2 Å². The second kappa shape index (κ2) is 7.09. The van der Waals surface area contributed by atoms with Crippen molar-refractivity contribution in [3.8, 4) is 0 Å². The van der Waals surface area contributed by atoms with Gasteiger partial charge in [-0.25, -0.2) is 4.99 Å². The van der Waals surface area contributed by atoms with E-state index in [2.05, 4.69) is 10.3 Å². The van der Waals surface area contributed by atoms with E-state index in [-0.39, 0.29) is 11.7 Å². The lowest BCUT2D eigenvalue weighted by Gasteiger charge is -2.07. The Kier molecular flexibility index (Phi) is 5.06. The Morgan fingerprint density at radius 2 is 1.92 bits per heavy atom. The van der Waals surface area contributed by atoms with Crippen LogP contribution in [0.3, 0.4) is 0 Å². The molecule has 0 atom stereocenters. The Hall–Kier alpha value is -1.99. The van der Waals surface area contributed by atoms with Crippen LogP contribution in [0.25, 0.3) is 0 Å². The van der Waals surface area contributed by atoms with Crippen molar-refractivity contribution in [1.29, 1.82) is 0 Å². The van der Waals surface area contributed by atoms with Crippen molar-refractivity contribution >= 4 is 45.7 Å². The third-order valence-corrected chi connectivity index (χ3v) is 4.72. The van der Waals surface area contributed by atoms with Gasteiger partial charge in [0.25, 0.3) is 0 Å². The van der Waals surface area contributed by atoms with E-state index < -0.39 is 11.7 Å². The van der Waals surface area contributed by atoms with E-state index in [4.69, 9.17) is 11.6 Å². The molecule has 0 radical (unpaired) electrons. The number of hydrogen-bond acceptors (Lipinski definition) is 3. The average Bonchev–Trinajstić information content (AvgIpc) is 2.96. The van der Waals surface area contributed by atoms with Gasteiger partial charge >= 0.3 is 6.18 Å². The maximum atomic E-state index is 12.7. The maximum absolute atomic E-state index is 12.7. The molecule has 8 heteroatoms. The number of thioether (sulfide) groups is 1. The topological polar surface area (TPSA) is 41.5 Å². The van der Waals surface area contributed by atoms with Crippen LogP contribution in [0.4, 0.5) is 24.5 Å². The molecular formula is C17H12ClF3N2OS. The van der Waals surface area contributed by atoms with Crippen LogP contribution in [-0.2, 0) is 17.4 Å². The zero-order valence-corrected chi connectivity index (χ0v) is 14.3. The molecular weight excluding hydrogens is 373 g/mol. The number of nitrogens with one attached hydrogen (secondary N) is 1. The fourth-order valence-corrected chi connectivity index (χ4v) is 3.21. The lowest BCUT2D eigenvalue weighted by Crippen LogP contribution is -2.15.